The highest BCUT2D eigenvalue weighted by molar-refractivity contribution is 5.92. The second-order valence-corrected chi connectivity index (χ2v) is 7.38. The fraction of sp³-hybridized carbons (Fsp3) is 0.318. The van der Waals surface area contributed by atoms with Crippen LogP contribution in [0.15, 0.2) is 42.6 Å². The van der Waals surface area contributed by atoms with Gasteiger partial charge in [0.25, 0.3) is 0 Å². The normalized spacial score (nSPS) is 14.6. The van der Waals surface area contributed by atoms with Crippen LogP contribution in [0.3, 0.4) is 0 Å². The maximum atomic E-state index is 12.6. The Kier molecular flexibility index (Phi) is 5.56. The number of para-hydroxylation sites is 2. The molecule has 1 amide bonds. The summed E-state index contributed by atoms with van der Waals surface area (Å²) >= 11 is 0. The SMILES string of the molecule is Cc1nc2ccccc2nc1COC(=O)C1CCN(c2ccc(C(N)=O)cn2)CC1. The van der Waals surface area contributed by atoms with E-state index in [1.807, 2.05) is 31.2 Å². The van der Waals surface area contributed by atoms with Crippen molar-refractivity contribution in [2.75, 3.05) is 18.0 Å². The van der Waals surface area contributed by atoms with Crippen molar-refractivity contribution in [3.63, 3.8) is 0 Å². The minimum atomic E-state index is -0.498. The predicted octanol–water partition coefficient (Wildman–Crippen LogP) is 2.39. The van der Waals surface area contributed by atoms with E-state index >= 15 is 0 Å². The number of primary amides is 1. The summed E-state index contributed by atoms with van der Waals surface area (Å²) in [6.45, 7) is 3.38. The highest BCUT2D eigenvalue weighted by Gasteiger charge is 2.27. The van der Waals surface area contributed by atoms with Crippen molar-refractivity contribution in [1.29, 1.82) is 0 Å². The van der Waals surface area contributed by atoms with Crippen molar-refractivity contribution in [3.05, 3.63) is 59.5 Å². The Bertz CT molecular complexity index is 1080. The van der Waals surface area contributed by atoms with E-state index in [4.69, 9.17) is 10.5 Å². The van der Waals surface area contributed by atoms with Crippen molar-refractivity contribution in [2.24, 2.45) is 11.7 Å². The Morgan fingerprint density at radius 1 is 1.10 bits per heavy atom. The lowest BCUT2D eigenvalue weighted by Crippen LogP contribution is -2.37. The maximum absolute atomic E-state index is 12.6. The smallest absolute Gasteiger partial charge is 0.309 e. The molecule has 8 heteroatoms. The van der Waals surface area contributed by atoms with E-state index in [9.17, 15) is 9.59 Å². The lowest BCUT2D eigenvalue weighted by molar-refractivity contribution is -0.150. The number of nitrogens with two attached hydrogens (primary N) is 1. The van der Waals surface area contributed by atoms with Crippen molar-refractivity contribution in [3.8, 4) is 0 Å². The molecule has 2 aromatic heterocycles. The van der Waals surface area contributed by atoms with Gasteiger partial charge in [-0.25, -0.2) is 15.0 Å². The molecule has 154 valence electrons. The van der Waals surface area contributed by atoms with Crippen molar-refractivity contribution >= 4 is 28.7 Å². The molecule has 0 unspecified atom stereocenters. The molecule has 0 bridgehead atoms. The largest absolute Gasteiger partial charge is 0.459 e. The average Bonchev–Trinajstić information content (AvgIpc) is 2.77. The zero-order valence-electron chi connectivity index (χ0n) is 16.7. The van der Waals surface area contributed by atoms with Crippen molar-refractivity contribution in [1.82, 2.24) is 15.0 Å². The summed E-state index contributed by atoms with van der Waals surface area (Å²) < 4.78 is 5.55. The highest BCUT2D eigenvalue weighted by Crippen LogP contribution is 2.23. The molecule has 3 heterocycles. The number of pyridine rings is 1. The third-order valence-corrected chi connectivity index (χ3v) is 5.38. The first-order valence-electron chi connectivity index (χ1n) is 9.91. The monoisotopic (exact) mass is 405 g/mol. The molecule has 0 spiro atoms. The molecule has 0 radical (unpaired) electrons. The summed E-state index contributed by atoms with van der Waals surface area (Å²) in [6, 6.07) is 11.1. The van der Waals surface area contributed by atoms with Gasteiger partial charge >= 0.3 is 5.97 Å². The standard InChI is InChI=1S/C22H23N5O3/c1-14-19(26-18-5-3-2-4-17(18)25-14)13-30-22(29)15-8-10-27(11-9-15)20-7-6-16(12-24-20)21(23)28/h2-7,12,15H,8-11,13H2,1H3,(H2,23,28). The van der Waals surface area contributed by atoms with Gasteiger partial charge in [-0.2, -0.15) is 0 Å². The minimum Gasteiger partial charge on any atom is -0.459 e. The van der Waals surface area contributed by atoms with Crippen LogP contribution in [0.25, 0.3) is 11.0 Å². The molecule has 2 N–H and O–H groups in total. The molecule has 30 heavy (non-hydrogen) atoms. The molecule has 3 aromatic rings. The number of amides is 1. The Morgan fingerprint density at radius 3 is 2.43 bits per heavy atom. The number of rotatable bonds is 5. The number of benzene rings is 1. The number of fused-ring (bicyclic) bond motifs is 1. The van der Waals surface area contributed by atoms with Gasteiger partial charge in [-0.3, -0.25) is 9.59 Å². The molecule has 4 rings (SSSR count). The third-order valence-electron chi connectivity index (χ3n) is 5.38. The lowest BCUT2D eigenvalue weighted by atomic mass is 9.97. The lowest BCUT2D eigenvalue weighted by Gasteiger charge is -2.31. The molecule has 1 aliphatic heterocycles. The van der Waals surface area contributed by atoms with Crippen LogP contribution < -0.4 is 10.6 Å². The molecule has 1 saturated heterocycles. The van der Waals surface area contributed by atoms with Gasteiger partial charge in [0.1, 0.15) is 12.4 Å². The molecule has 0 aliphatic carbocycles. The van der Waals surface area contributed by atoms with E-state index in [0.29, 0.717) is 37.2 Å². The van der Waals surface area contributed by atoms with Crippen LogP contribution >= 0.6 is 0 Å². The van der Waals surface area contributed by atoms with Crippen LogP contribution in [0, 0.1) is 12.8 Å². The number of anilines is 1. The maximum Gasteiger partial charge on any atom is 0.309 e. The summed E-state index contributed by atoms with van der Waals surface area (Å²) in [4.78, 5) is 39.2. The first-order valence-corrected chi connectivity index (χ1v) is 9.91. The summed E-state index contributed by atoms with van der Waals surface area (Å²) in [5.41, 5.74) is 8.69. The van der Waals surface area contributed by atoms with Gasteiger partial charge in [0.2, 0.25) is 5.91 Å². The van der Waals surface area contributed by atoms with Gasteiger partial charge in [0, 0.05) is 19.3 Å². The first kappa shape index (κ1) is 19.8. The molecule has 1 aliphatic rings. The van der Waals surface area contributed by atoms with Crippen molar-refractivity contribution < 1.29 is 14.3 Å². The van der Waals surface area contributed by atoms with Crippen LogP contribution in [-0.2, 0) is 16.1 Å². The van der Waals surface area contributed by atoms with Crippen LogP contribution in [0.4, 0.5) is 5.82 Å². The summed E-state index contributed by atoms with van der Waals surface area (Å²) in [6.07, 6.45) is 2.84. The van der Waals surface area contributed by atoms with Crippen LogP contribution in [-0.4, -0.2) is 39.9 Å². The van der Waals surface area contributed by atoms with Gasteiger partial charge in [-0.1, -0.05) is 12.1 Å². The third kappa shape index (κ3) is 4.22. The van der Waals surface area contributed by atoms with Crippen LogP contribution in [0.5, 0.6) is 0 Å². The predicted molar refractivity (Wildman–Crippen MR) is 112 cm³/mol. The molecule has 1 aromatic carbocycles. The number of piperidine rings is 1. The second kappa shape index (κ2) is 8.44. The van der Waals surface area contributed by atoms with Crippen molar-refractivity contribution in [2.45, 2.75) is 26.4 Å². The number of nitrogens with zero attached hydrogens (tertiary/aromatic N) is 4. The van der Waals surface area contributed by atoms with E-state index < -0.39 is 5.91 Å². The van der Waals surface area contributed by atoms with E-state index in [2.05, 4.69) is 19.9 Å². The molecular weight excluding hydrogens is 382 g/mol. The summed E-state index contributed by atoms with van der Waals surface area (Å²) in [7, 11) is 0. The Balaban J connectivity index is 1.32. The summed E-state index contributed by atoms with van der Waals surface area (Å²) in [5.74, 6) is -0.0865. The number of carbonyl (C=O) groups excluding carboxylic acids is 2. The zero-order valence-corrected chi connectivity index (χ0v) is 16.7. The summed E-state index contributed by atoms with van der Waals surface area (Å²) in [5, 5.41) is 0. The first-order chi connectivity index (χ1) is 14.5. The van der Waals surface area contributed by atoms with E-state index in [1.165, 1.54) is 6.20 Å². The van der Waals surface area contributed by atoms with Crippen LogP contribution in [0.1, 0.15) is 34.6 Å². The minimum absolute atomic E-state index is 0.124. The highest BCUT2D eigenvalue weighted by atomic mass is 16.5. The van der Waals surface area contributed by atoms with Gasteiger partial charge in [-0.05, 0) is 44.0 Å². The zero-order chi connectivity index (χ0) is 21.1. The van der Waals surface area contributed by atoms with Gasteiger partial charge < -0.3 is 15.4 Å². The number of carbonyl (C=O) groups is 2. The van der Waals surface area contributed by atoms with E-state index in [-0.39, 0.29) is 18.5 Å². The number of aryl methyl sites for hydroxylation is 1. The van der Waals surface area contributed by atoms with Gasteiger partial charge in [0.05, 0.1) is 33.9 Å². The van der Waals surface area contributed by atoms with Gasteiger partial charge in [0.15, 0.2) is 0 Å². The van der Waals surface area contributed by atoms with E-state index in [1.54, 1.807) is 12.1 Å². The van der Waals surface area contributed by atoms with E-state index in [0.717, 1.165) is 22.5 Å². The second-order valence-electron chi connectivity index (χ2n) is 7.38. The number of hydrogen-bond donors (Lipinski definition) is 1. The number of ether oxygens (including phenoxy) is 1. The molecule has 8 nitrogen and oxygen atoms in total. The quantitative estimate of drug-likeness (QED) is 0.649. The average molecular weight is 405 g/mol. The molecule has 0 saturated carbocycles. The fourth-order valence-corrected chi connectivity index (χ4v) is 3.58. The number of aromatic nitrogens is 3. The Labute approximate surface area is 174 Å². The fourth-order valence-electron chi connectivity index (χ4n) is 3.58. The van der Waals surface area contributed by atoms with Crippen LogP contribution in [0.2, 0.25) is 0 Å². The topological polar surface area (TPSA) is 111 Å². The Morgan fingerprint density at radius 2 is 1.80 bits per heavy atom. The van der Waals surface area contributed by atoms with Gasteiger partial charge in [-0.15, -0.1) is 0 Å². The Hall–Kier alpha value is -3.55. The number of esters is 1. The molecule has 1 fully saturated rings. The molecule has 0 atom stereocenters. The molecular formula is C22H23N5O3. The number of hydrogen-bond acceptors (Lipinski definition) is 7.